The Morgan fingerprint density at radius 3 is 3.40 bits per heavy atom. The SMILES string of the molecule is Fc1cnc2c[c][nH]c2c1. The average Bonchev–Trinajstić information content (AvgIpc) is 2.33. The van der Waals surface area contributed by atoms with Crippen LogP contribution >= 0.6 is 0 Å². The van der Waals surface area contributed by atoms with Crippen LogP contribution in [0.5, 0.6) is 0 Å². The number of nitrogens with one attached hydrogen (secondary N) is 1. The number of H-pyrrole nitrogens is 1. The molecular formula is C7H4FN2. The molecule has 0 bridgehead atoms. The molecule has 0 amide bonds. The molecular weight excluding hydrogens is 131 g/mol. The molecule has 0 aliphatic rings. The first-order valence-corrected chi connectivity index (χ1v) is 2.86. The summed E-state index contributed by atoms with van der Waals surface area (Å²) in [7, 11) is 0. The van der Waals surface area contributed by atoms with E-state index in [0.29, 0.717) is 5.52 Å². The Labute approximate surface area is 56.7 Å². The number of rotatable bonds is 0. The summed E-state index contributed by atoms with van der Waals surface area (Å²) in [4.78, 5) is 6.54. The van der Waals surface area contributed by atoms with Crippen molar-refractivity contribution < 1.29 is 4.39 Å². The van der Waals surface area contributed by atoms with E-state index in [1.165, 1.54) is 12.3 Å². The zero-order valence-electron chi connectivity index (χ0n) is 5.06. The minimum Gasteiger partial charge on any atom is -0.352 e. The number of aromatic nitrogens is 2. The molecule has 0 aromatic carbocycles. The number of hydrogen-bond donors (Lipinski definition) is 1. The Kier molecular flexibility index (Phi) is 0.974. The van der Waals surface area contributed by atoms with E-state index in [-0.39, 0.29) is 5.82 Å². The summed E-state index contributed by atoms with van der Waals surface area (Å²) in [6.07, 6.45) is 3.90. The van der Waals surface area contributed by atoms with E-state index < -0.39 is 0 Å². The third-order valence-electron chi connectivity index (χ3n) is 1.30. The molecule has 0 aliphatic carbocycles. The van der Waals surface area contributed by atoms with Crippen LogP contribution in [-0.4, -0.2) is 9.97 Å². The maximum Gasteiger partial charge on any atom is 0.143 e. The first kappa shape index (κ1) is 5.41. The normalized spacial score (nSPS) is 10.5. The fourth-order valence-electron chi connectivity index (χ4n) is 0.847. The molecule has 49 valence electrons. The second-order valence-corrected chi connectivity index (χ2v) is 2.00. The highest BCUT2D eigenvalue weighted by Gasteiger charge is 1.95. The summed E-state index contributed by atoms with van der Waals surface area (Å²) >= 11 is 0. The van der Waals surface area contributed by atoms with Crippen LogP contribution in [0.15, 0.2) is 18.3 Å². The van der Waals surface area contributed by atoms with Gasteiger partial charge in [0.2, 0.25) is 0 Å². The molecule has 3 heteroatoms. The zero-order valence-corrected chi connectivity index (χ0v) is 5.06. The summed E-state index contributed by atoms with van der Waals surface area (Å²) in [6, 6.07) is 3.06. The molecule has 1 N–H and O–H groups in total. The summed E-state index contributed by atoms with van der Waals surface area (Å²) < 4.78 is 12.4. The largest absolute Gasteiger partial charge is 0.352 e. The molecule has 0 spiro atoms. The van der Waals surface area contributed by atoms with Crippen LogP contribution in [0, 0.1) is 12.0 Å². The Hall–Kier alpha value is -1.38. The molecule has 2 heterocycles. The van der Waals surface area contributed by atoms with Gasteiger partial charge in [-0.25, -0.2) is 4.39 Å². The molecule has 10 heavy (non-hydrogen) atoms. The molecule has 2 rings (SSSR count). The third kappa shape index (κ3) is 0.673. The molecule has 0 saturated heterocycles. The van der Waals surface area contributed by atoms with Crippen molar-refractivity contribution in [1.82, 2.24) is 9.97 Å². The molecule has 0 unspecified atom stereocenters. The van der Waals surface area contributed by atoms with Crippen LogP contribution in [0.25, 0.3) is 11.0 Å². The smallest absolute Gasteiger partial charge is 0.143 e. The van der Waals surface area contributed by atoms with E-state index in [2.05, 4.69) is 16.2 Å². The van der Waals surface area contributed by atoms with Crippen molar-refractivity contribution in [2.75, 3.05) is 0 Å². The topological polar surface area (TPSA) is 28.7 Å². The van der Waals surface area contributed by atoms with Gasteiger partial charge in [0.15, 0.2) is 0 Å². The van der Waals surface area contributed by atoms with Crippen molar-refractivity contribution in [3.63, 3.8) is 0 Å². The van der Waals surface area contributed by atoms with Gasteiger partial charge in [0.25, 0.3) is 0 Å². The summed E-state index contributed by atoms with van der Waals surface area (Å²) in [5, 5.41) is 0. The van der Waals surface area contributed by atoms with Crippen molar-refractivity contribution >= 4 is 11.0 Å². The quantitative estimate of drug-likeness (QED) is 0.582. The highest BCUT2D eigenvalue weighted by atomic mass is 19.1. The van der Waals surface area contributed by atoms with Gasteiger partial charge in [0.1, 0.15) is 5.82 Å². The lowest BCUT2D eigenvalue weighted by Gasteiger charge is -1.86. The van der Waals surface area contributed by atoms with Gasteiger partial charge in [-0.05, 0) is 6.07 Å². The lowest BCUT2D eigenvalue weighted by atomic mass is 10.4. The maximum atomic E-state index is 12.4. The first-order valence-electron chi connectivity index (χ1n) is 2.86. The van der Waals surface area contributed by atoms with E-state index in [0.717, 1.165) is 5.52 Å². The molecule has 2 aromatic heterocycles. The average molecular weight is 135 g/mol. The zero-order chi connectivity index (χ0) is 6.97. The number of fused-ring (bicyclic) bond motifs is 1. The van der Waals surface area contributed by atoms with Gasteiger partial charge in [-0.3, -0.25) is 4.98 Å². The lowest BCUT2D eigenvalue weighted by Crippen LogP contribution is -1.77. The fraction of sp³-hybridized carbons (Fsp3) is 0. The van der Waals surface area contributed by atoms with Gasteiger partial charge in [0.05, 0.1) is 23.4 Å². The van der Waals surface area contributed by atoms with Crippen LogP contribution in [0.4, 0.5) is 4.39 Å². The van der Waals surface area contributed by atoms with Gasteiger partial charge < -0.3 is 4.98 Å². The van der Waals surface area contributed by atoms with E-state index in [1.54, 1.807) is 6.07 Å². The standard InChI is InChI=1S/C7H4FN2/c8-5-3-7-6(10-4-5)1-2-9-7/h1,3-4,9H. The van der Waals surface area contributed by atoms with Crippen LogP contribution in [0.3, 0.4) is 0 Å². The number of hydrogen-bond acceptors (Lipinski definition) is 1. The van der Waals surface area contributed by atoms with Gasteiger partial charge in [-0.2, -0.15) is 0 Å². The molecule has 2 aromatic rings. The fourth-order valence-corrected chi connectivity index (χ4v) is 0.847. The van der Waals surface area contributed by atoms with E-state index >= 15 is 0 Å². The van der Waals surface area contributed by atoms with Crippen LogP contribution in [0.1, 0.15) is 0 Å². The number of pyridine rings is 1. The van der Waals surface area contributed by atoms with Gasteiger partial charge >= 0.3 is 0 Å². The molecule has 0 saturated carbocycles. The van der Waals surface area contributed by atoms with Crippen LogP contribution in [0.2, 0.25) is 0 Å². The summed E-state index contributed by atoms with van der Waals surface area (Å²) in [6.45, 7) is 0. The minimum atomic E-state index is -0.330. The molecule has 0 atom stereocenters. The monoisotopic (exact) mass is 135 g/mol. The minimum absolute atomic E-state index is 0.330. The Bertz CT molecular complexity index is 353. The Balaban J connectivity index is 2.86. The van der Waals surface area contributed by atoms with Crippen molar-refractivity contribution in [2.45, 2.75) is 0 Å². The van der Waals surface area contributed by atoms with Gasteiger partial charge in [0, 0.05) is 6.07 Å². The Morgan fingerprint density at radius 1 is 1.60 bits per heavy atom. The summed E-state index contributed by atoms with van der Waals surface area (Å²) in [5.41, 5.74) is 1.42. The lowest BCUT2D eigenvalue weighted by molar-refractivity contribution is 0.624. The molecule has 0 fully saturated rings. The van der Waals surface area contributed by atoms with Crippen molar-refractivity contribution in [1.29, 1.82) is 0 Å². The van der Waals surface area contributed by atoms with Crippen LogP contribution < -0.4 is 0 Å². The van der Waals surface area contributed by atoms with Crippen molar-refractivity contribution in [3.05, 3.63) is 30.3 Å². The predicted octanol–water partition coefficient (Wildman–Crippen LogP) is 1.50. The second kappa shape index (κ2) is 1.80. The van der Waals surface area contributed by atoms with Crippen LogP contribution in [-0.2, 0) is 0 Å². The number of aromatic amines is 1. The predicted molar refractivity (Wildman–Crippen MR) is 34.9 cm³/mol. The first-order chi connectivity index (χ1) is 4.86. The molecule has 1 radical (unpaired) electrons. The second-order valence-electron chi connectivity index (χ2n) is 2.00. The number of halogens is 1. The molecule has 2 nitrogen and oxygen atoms in total. The van der Waals surface area contributed by atoms with Gasteiger partial charge in [-0.1, -0.05) is 0 Å². The van der Waals surface area contributed by atoms with E-state index in [1.807, 2.05) is 0 Å². The van der Waals surface area contributed by atoms with E-state index in [9.17, 15) is 4.39 Å². The van der Waals surface area contributed by atoms with E-state index in [4.69, 9.17) is 0 Å². The Morgan fingerprint density at radius 2 is 2.50 bits per heavy atom. The number of nitrogens with zero attached hydrogens (tertiary/aromatic N) is 1. The van der Waals surface area contributed by atoms with Crippen molar-refractivity contribution in [2.24, 2.45) is 0 Å². The maximum absolute atomic E-state index is 12.4. The summed E-state index contributed by atoms with van der Waals surface area (Å²) in [5.74, 6) is -0.330. The third-order valence-corrected chi connectivity index (χ3v) is 1.30. The van der Waals surface area contributed by atoms with Crippen molar-refractivity contribution in [3.8, 4) is 0 Å². The highest BCUT2D eigenvalue weighted by Crippen LogP contribution is 2.08. The molecule has 0 aliphatic heterocycles. The highest BCUT2D eigenvalue weighted by molar-refractivity contribution is 5.73. The van der Waals surface area contributed by atoms with Gasteiger partial charge in [-0.15, -0.1) is 0 Å².